The molecule has 0 saturated carbocycles. The van der Waals surface area contributed by atoms with Gasteiger partial charge in [-0.2, -0.15) is 4.98 Å². The molecule has 0 atom stereocenters. The molecule has 0 amide bonds. The lowest BCUT2D eigenvalue weighted by atomic mass is 10.2. The minimum absolute atomic E-state index is 0.257. The Morgan fingerprint density at radius 3 is 2.95 bits per heavy atom. The number of nitrogens with one attached hydrogen (secondary N) is 1. The highest BCUT2D eigenvalue weighted by Crippen LogP contribution is 2.25. The van der Waals surface area contributed by atoms with Crippen LogP contribution in [-0.4, -0.2) is 20.1 Å². The Bertz CT molecular complexity index is 698. The molecule has 0 aliphatic rings. The molecule has 0 aliphatic carbocycles. The van der Waals surface area contributed by atoms with Crippen LogP contribution in [-0.2, 0) is 6.54 Å². The zero-order valence-electron chi connectivity index (χ0n) is 9.67. The third-order valence-electron chi connectivity index (χ3n) is 2.52. The molecule has 3 aromatic rings. The number of benzene rings is 1. The highest BCUT2D eigenvalue weighted by atomic mass is 79.9. The summed E-state index contributed by atoms with van der Waals surface area (Å²) in [5.74, 6) is 0.257. The molecular formula is C12H9BrN4OS. The van der Waals surface area contributed by atoms with Crippen molar-refractivity contribution in [2.24, 2.45) is 0 Å². The normalized spacial score (nSPS) is 10.8. The molecule has 2 heterocycles. The van der Waals surface area contributed by atoms with E-state index < -0.39 is 0 Å². The van der Waals surface area contributed by atoms with E-state index in [9.17, 15) is 5.11 Å². The van der Waals surface area contributed by atoms with Crippen molar-refractivity contribution in [2.45, 2.75) is 6.54 Å². The summed E-state index contributed by atoms with van der Waals surface area (Å²) in [7, 11) is 0. The molecule has 0 aliphatic heterocycles. The highest BCUT2D eigenvalue weighted by molar-refractivity contribution is 9.10. The van der Waals surface area contributed by atoms with E-state index in [1.54, 1.807) is 24.5 Å². The smallest absolute Gasteiger partial charge is 0.191 e. The number of nitrogens with zero attached hydrogens (tertiary/aromatic N) is 3. The lowest BCUT2D eigenvalue weighted by Gasteiger charge is -2.05. The molecule has 0 radical (unpaired) electrons. The second-order valence-corrected chi connectivity index (χ2v) is 5.72. The number of aromatic hydroxyl groups is 1. The molecule has 2 aromatic heterocycles. The summed E-state index contributed by atoms with van der Waals surface area (Å²) < 4.78 is 0.926. The van der Waals surface area contributed by atoms with Gasteiger partial charge in [0.1, 0.15) is 5.75 Å². The van der Waals surface area contributed by atoms with Gasteiger partial charge in [0, 0.05) is 29.0 Å². The van der Waals surface area contributed by atoms with Crippen molar-refractivity contribution in [1.82, 2.24) is 15.0 Å². The Morgan fingerprint density at radius 2 is 2.11 bits per heavy atom. The number of hydrogen-bond donors (Lipinski definition) is 2. The fourth-order valence-corrected chi connectivity index (χ4v) is 2.79. The Balaban J connectivity index is 1.80. The van der Waals surface area contributed by atoms with Crippen LogP contribution in [0.2, 0.25) is 0 Å². The van der Waals surface area contributed by atoms with Gasteiger partial charge in [0.15, 0.2) is 15.6 Å². The monoisotopic (exact) mass is 336 g/mol. The van der Waals surface area contributed by atoms with Gasteiger partial charge in [-0.25, -0.2) is 9.97 Å². The third kappa shape index (κ3) is 2.66. The van der Waals surface area contributed by atoms with Crippen LogP contribution in [0.3, 0.4) is 0 Å². The van der Waals surface area contributed by atoms with Gasteiger partial charge in [-0.05, 0) is 18.2 Å². The summed E-state index contributed by atoms with van der Waals surface area (Å²) in [6, 6.07) is 5.32. The largest absolute Gasteiger partial charge is 0.508 e. The Morgan fingerprint density at radius 1 is 1.26 bits per heavy atom. The SMILES string of the molecule is Oc1ccc(Br)cc1CNc1nc2nccnc2s1. The fourth-order valence-electron chi connectivity index (χ4n) is 1.62. The van der Waals surface area contributed by atoms with Gasteiger partial charge < -0.3 is 10.4 Å². The highest BCUT2D eigenvalue weighted by Gasteiger charge is 2.06. The zero-order valence-corrected chi connectivity index (χ0v) is 12.1. The van der Waals surface area contributed by atoms with E-state index in [-0.39, 0.29) is 5.75 Å². The van der Waals surface area contributed by atoms with Crippen LogP contribution in [0.1, 0.15) is 5.56 Å². The number of fused-ring (bicyclic) bond motifs is 1. The maximum atomic E-state index is 9.75. The van der Waals surface area contributed by atoms with Gasteiger partial charge in [0.05, 0.1) is 0 Å². The number of hydrogen-bond acceptors (Lipinski definition) is 6. The molecule has 0 fully saturated rings. The Kier molecular flexibility index (Phi) is 3.31. The van der Waals surface area contributed by atoms with E-state index in [1.165, 1.54) is 11.3 Å². The average molecular weight is 337 g/mol. The fraction of sp³-hybridized carbons (Fsp3) is 0.0833. The number of phenolic OH excluding ortho intramolecular Hbond substituents is 1. The molecule has 19 heavy (non-hydrogen) atoms. The first-order valence-corrected chi connectivity index (χ1v) is 7.12. The molecule has 0 saturated heterocycles. The molecule has 7 heteroatoms. The number of aromatic nitrogens is 3. The maximum Gasteiger partial charge on any atom is 0.191 e. The van der Waals surface area contributed by atoms with Crippen molar-refractivity contribution in [3.05, 3.63) is 40.6 Å². The van der Waals surface area contributed by atoms with Crippen LogP contribution < -0.4 is 5.32 Å². The standard InChI is InChI=1S/C12H9BrN4OS/c13-8-1-2-9(18)7(5-8)6-16-12-17-10-11(19-12)15-4-3-14-10/h1-5,18H,6H2,(H,14,16,17). The Labute approximate surface area is 121 Å². The zero-order chi connectivity index (χ0) is 13.2. The van der Waals surface area contributed by atoms with E-state index >= 15 is 0 Å². The van der Waals surface area contributed by atoms with Crippen molar-refractivity contribution < 1.29 is 5.11 Å². The molecule has 96 valence electrons. The molecule has 5 nitrogen and oxygen atoms in total. The van der Waals surface area contributed by atoms with Crippen molar-refractivity contribution in [3.63, 3.8) is 0 Å². The van der Waals surface area contributed by atoms with Crippen molar-refractivity contribution >= 4 is 42.9 Å². The molecule has 0 spiro atoms. The predicted molar refractivity (Wildman–Crippen MR) is 78.3 cm³/mol. The third-order valence-corrected chi connectivity index (χ3v) is 3.92. The summed E-state index contributed by atoms with van der Waals surface area (Å²) in [5.41, 5.74) is 1.43. The minimum Gasteiger partial charge on any atom is -0.508 e. The van der Waals surface area contributed by atoms with Crippen molar-refractivity contribution in [2.75, 3.05) is 5.32 Å². The van der Waals surface area contributed by atoms with E-state index in [2.05, 4.69) is 36.2 Å². The van der Waals surface area contributed by atoms with Crippen molar-refractivity contribution in [1.29, 1.82) is 0 Å². The first-order chi connectivity index (χ1) is 9.22. The number of anilines is 1. The van der Waals surface area contributed by atoms with Gasteiger partial charge in [0.2, 0.25) is 0 Å². The Hall–Kier alpha value is -1.73. The van der Waals surface area contributed by atoms with Crippen LogP contribution in [0.4, 0.5) is 5.13 Å². The molecule has 0 unspecified atom stereocenters. The second-order valence-electron chi connectivity index (χ2n) is 3.83. The van der Waals surface area contributed by atoms with Gasteiger partial charge in [-0.1, -0.05) is 27.3 Å². The molecule has 0 bridgehead atoms. The molecule has 2 N–H and O–H groups in total. The van der Waals surface area contributed by atoms with E-state index in [4.69, 9.17) is 0 Å². The van der Waals surface area contributed by atoms with Crippen LogP contribution in [0.5, 0.6) is 5.75 Å². The molecular weight excluding hydrogens is 328 g/mol. The summed E-state index contributed by atoms with van der Waals surface area (Å²) >= 11 is 4.82. The summed E-state index contributed by atoms with van der Waals surface area (Å²) in [6.45, 7) is 0.491. The molecule has 3 rings (SSSR count). The lowest BCUT2D eigenvalue weighted by Crippen LogP contribution is -1.99. The van der Waals surface area contributed by atoms with Crippen LogP contribution in [0.15, 0.2) is 35.1 Å². The van der Waals surface area contributed by atoms with E-state index in [1.807, 2.05) is 6.07 Å². The summed E-state index contributed by atoms with van der Waals surface area (Å²) in [4.78, 5) is 13.4. The average Bonchev–Trinajstić information content (AvgIpc) is 2.82. The second kappa shape index (κ2) is 5.10. The van der Waals surface area contributed by atoms with Crippen LogP contribution >= 0.6 is 27.3 Å². The van der Waals surface area contributed by atoms with E-state index in [0.717, 1.165) is 20.0 Å². The van der Waals surface area contributed by atoms with Crippen molar-refractivity contribution in [3.8, 4) is 5.75 Å². The number of thiazole rings is 1. The van der Waals surface area contributed by atoms with Crippen LogP contribution in [0.25, 0.3) is 10.5 Å². The minimum atomic E-state index is 0.257. The first kappa shape index (κ1) is 12.3. The number of phenols is 1. The summed E-state index contributed by atoms with van der Waals surface area (Å²) in [5, 5.41) is 13.7. The predicted octanol–water partition coefficient (Wildman–Crippen LogP) is 3.17. The van der Waals surface area contributed by atoms with Gasteiger partial charge in [0.25, 0.3) is 0 Å². The van der Waals surface area contributed by atoms with Gasteiger partial charge in [-0.3, -0.25) is 0 Å². The topological polar surface area (TPSA) is 70.9 Å². The van der Waals surface area contributed by atoms with E-state index in [0.29, 0.717) is 12.2 Å². The number of halogens is 1. The number of rotatable bonds is 3. The van der Waals surface area contributed by atoms with Gasteiger partial charge in [-0.15, -0.1) is 0 Å². The first-order valence-electron chi connectivity index (χ1n) is 5.51. The van der Waals surface area contributed by atoms with Gasteiger partial charge >= 0.3 is 0 Å². The van der Waals surface area contributed by atoms with Crippen LogP contribution in [0, 0.1) is 0 Å². The molecule has 1 aromatic carbocycles. The maximum absolute atomic E-state index is 9.75. The summed E-state index contributed by atoms with van der Waals surface area (Å²) in [6.07, 6.45) is 3.26. The quantitative estimate of drug-likeness (QED) is 0.768. The lowest BCUT2D eigenvalue weighted by molar-refractivity contribution is 0.469.